The molecule has 4 heteroatoms. The molecule has 1 aliphatic rings. The molecule has 1 fully saturated rings. The number of thioether (sulfide) groups is 2. The van der Waals surface area contributed by atoms with E-state index in [2.05, 4.69) is 37.3 Å². The van der Waals surface area contributed by atoms with Gasteiger partial charge in [-0.25, -0.2) is 0 Å². The average Bonchev–Trinajstić information content (AvgIpc) is 2.30. The molecule has 1 N–H and O–H groups in total. The lowest BCUT2D eigenvalue weighted by molar-refractivity contribution is 0.535. The van der Waals surface area contributed by atoms with Crippen molar-refractivity contribution in [2.24, 2.45) is 4.99 Å². The lowest BCUT2D eigenvalue weighted by atomic mass is 10.1. The smallest absolute Gasteiger partial charge is 0.157 e. The Labute approximate surface area is 89.3 Å². The van der Waals surface area contributed by atoms with Crippen molar-refractivity contribution < 1.29 is 0 Å². The van der Waals surface area contributed by atoms with Gasteiger partial charge in [0.15, 0.2) is 5.17 Å². The highest BCUT2D eigenvalue weighted by atomic mass is 32.2. The minimum atomic E-state index is 0.225. The number of nitrogens with zero attached hydrogens (tertiary/aromatic N) is 1. The Morgan fingerprint density at radius 2 is 2.38 bits per heavy atom. The zero-order valence-corrected chi connectivity index (χ0v) is 10.4. The van der Waals surface area contributed by atoms with E-state index in [1.807, 2.05) is 23.5 Å². The van der Waals surface area contributed by atoms with Crippen LogP contribution in [0, 0.1) is 0 Å². The molecular weight excluding hydrogens is 200 g/mol. The Kier molecular flexibility index (Phi) is 3.98. The summed E-state index contributed by atoms with van der Waals surface area (Å²) in [4.78, 5) is 4.61. The van der Waals surface area contributed by atoms with Gasteiger partial charge in [0.1, 0.15) is 0 Å². The standard InChI is InChI=1S/C9H18N2S2/c1-7(5-12-4)10-8-11-9(2,3)6-13-8/h7H,5-6H2,1-4H3,(H,10,11). The van der Waals surface area contributed by atoms with Gasteiger partial charge in [-0.05, 0) is 27.0 Å². The molecule has 0 spiro atoms. The van der Waals surface area contributed by atoms with Gasteiger partial charge in [-0.2, -0.15) is 11.8 Å². The monoisotopic (exact) mass is 218 g/mol. The van der Waals surface area contributed by atoms with Crippen LogP contribution in [0.2, 0.25) is 0 Å². The molecule has 0 bridgehead atoms. The van der Waals surface area contributed by atoms with Crippen molar-refractivity contribution in [3.8, 4) is 0 Å². The second kappa shape index (κ2) is 4.60. The van der Waals surface area contributed by atoms with Crippen LogP contribution in [0.15, 0.2) is 4.99 Å². The quantitative estimate of drug-likeness (QED) is 0.786. The van der Waals surface area contributed by atoms with E-state index in [1.54, 1.807) is 0 Å². The number of hydrogen-bond donors (Lipinski definition) is 1. The Hall–Kier alpha value is 0.170. The molecule has 1 unspecified atom stereocenters. The molecule has 76 valence electrons. The zero-order valence-electron chi connectivity index (χ0n) is 8.76. The van der Waals surface area contributed by atoms with Crippen LogP contribution in [-0.4, -0.2) is 34.5 Å². The van der Waals surface area contributed by atoms with E-state index >= 15 is 0 Å². The summed E-state index contributed by atoms with van der Waals surface area (Å²) in [6.07, 6.45) is 2.12. The van der Waals surface area contributed by atoms with Crippen molar-refractivity contribution in [2.45, 2.75) is 32.4 Å². The maximum Gasteiger partial charge on any atom is 0.157 e. The molecule has 0 aliphatic carbocycles. The third-order valence-corrected chi connectivity index (χ3v) is 3.92. The summed E-state index contributed by atoms with van der Waals surface area (Å²) in [5.74, 6) is 2.23. The SMILES string of the molecule is CSCC(C)N=C1NC(C)(C)CS1. The van der Waals surface area contributed by atoms with Crippen molar-refractivity contribution >= 4 is 28.7 Å². The third kappa shape index (κ3) is 3.81. The average molecular weight is 218 g/mol. The van der Waals surface area contributed by atoms with Crippen molar-refractivity contribution in [3.05, 3.63) is 0 Å². The highest BCUT2D eigenvalue weighted by Crippen LogP contribution is 2.22. The van der Waals surface area contributed by atoms with E-state index in [-0.39, 0.29) is 5.54 Å². The number of rotatable bonds is 3. The first-order chi connectivity index (χ1) is 6.03. The van der Waals surface area contributed by atoms with Gasteiger partial charge in [0.2, 0.25) is 0 Å². The van der Waals surface area contributed by atoms with Crippen LogP contribution in [0.3, 0.4) is 0 Å². The molecule has 1 rings (SSSR count). The van der Waals surface area contributed by atoms with Crippen LogP contribution < -0.4 is 5.32 Å². The third-order valence-electron chi connectivity index (χ3n) is 1.76. The highest BCUT2D eigenvalue weighted by Gasteiger charge is 2.27. The summed E-state index contributed by atoms with van der Waals surface area (Å²) >= 11 is 3.68. The van der Waals surface area contributed by atoms with Gasteiger partial charge in [-0.3, -0.25) is 4.99 Å². The highest BCUT2D eigenvalue weighted by molar-refractivity contribution is 8.14. The topological polar surface area (TPSA) is 24.4 Å². The largest absolute Gasteiger partial charge is 0.359 e. The Morgan fingerprint density at radius 1 is 1.69 bits per heavy atom. The van der Waals surface area contributed by atoms with Gasteiger partial charge in [-0.15, -0.1) is 0 Å². The minimum absolute atomic E-state index is 0.225. The molecule has 0 saturated carbocycles. The van der Waals surface area contributed by atoms with Gasteiger partial charge < -0.3 is 5.32 Å². The molecule has 0 aromatic heterocycles. The van der Waals surface area contributed by atoms with Crippen molar-refractivity contribution in [3.63, 3.8) is 0 Å². The van der Waals surface area contributed by atoms with Crippen molar-refractivity contribution in [1.29, 1.82) is 0 Å². The van der Waals surface area contributed by atoms with Gasteiger partial charge in [0, 0.05) is 17.0 Å². The fourth-order valence-corrected chi connectivity index (χ4v) is 2.89. The first-order valence-corrected chi connectivity index (χ1v) is 6.89. The fraction of sp³-hybridized carbons (Fsp3) is 0.889. The Balaban J connectivity index is 2.45. The summed E-state index contributed by atoms with van der Waals surface area (Å²) < 4.78 is 0. The van der Waals surface area contributed by atoms with Gasteiger partial charge in [0.05, 0.1) is 6.04 Å². The van der Waals surface area contributed by atoms with E-state index in [0.717, 1.165) is 16.7 Å². The molecule has 1 aliphatic heterocycles. The zero-order chi connectivity index (χ0) is 9.90. The maximum atomic E-state index is 4.61. The van der Waals surface area contributed by atoms with Crippen molar-refractivity contribution in [2.75, 3.05) is 17.8 Å². The summed E-state index contributed by atoms with van der Waals surface area (Å²) in [6, 6.07) is 0.430. The van der Waals surface area contributed by atoms with Crippen LogP contribution in [-0.2, 0) is 0 Å². The molecule has 0 aromatic rings. The van der Waals surface area contributed by atoms with Crippen molar-refractivity contribution in [1.82, 2.24) is 5.32 Å². The lowest BCUT2D eigenvalue weighted by Crippen LogP contribution is -2.37. The number of amidine groups is 1. The van der Waals surface area contributed by atoms with E-state index in [1.165, 1.54) is 0 Å². The second-order valence-electron chi connectivity index (χ2n) is 4.04. The maximum absolute atomic E-state index is 4.61. The molecule has 0 amide bonds. The van der Waals surface area contributed by atoms with E-state index in [4.69, 9.17) is 0 Å². The molecule has 1 heterocycles. The lowest BCUT2D eigenvalue weighted by Gasteiger charge is -2.16. The Morgan fingerprint density at radius 3 is 2.85 bits per heavy atom. The fourth-order valence-electron chi connectivity index (χ4n) is 1.16. The second-order valence-corrected chi connectivity index (χ2v) is 5.91. The molecule has 0 radical (unpaired) electrons. The van der Waals surface area contributed by atoms with E-state index in [0.29, 0.717) is 6.04 Å². The predicted octanol–water partition coefficient (Wildman–Crippen LogP) is 2.21. The first-order valence-electron chi connectivity index (χ1n) is 4.51. The molecule has 13 heavy (non-hydrogen) atoms. The summed E-state index contributed by atoms with van der Waals surface area (Å²) in [5.41, 5.74) is 0.225. The van der Waals surface area contributed by atoms with Crippen LogP contribution in [0.4, 0.5) is 0 Å². The minimum Gasteiger partial charge on any atom is -0.359 e. The predicted molar refractivity (Wildman–Crippen MR) is 65.0 cm³/mol. The normalized spacial score (nSPS) is 26.0. The number of hydrogen-bond acceptors (Lipinski definition) is 3. The van der Waals surface area contributed by atoms with Crippen LogP contribution in [0.25, 0.3) is 0 Å². The van der Waals surface area contributed by atoms with E-state index < -0.39 is 0 Å². The van der Waals surface area contributed by atoms with Crippen LogP contribution in [0.1, 0.15) is 20.8 Å². The van der Waals surface area contributed by atoms with Gasteiger partial charge in [0.25, 0.3) is 0 Å². The summed E-state index contributed by atoms with van der Waals surface area (Å²) in [6.45, 7) is 6.58. The molecular formula is C9H18N2S2. The molecule has 2 nitrogen and oxygen atoms in total. The summed E-state index contributed by atoms with van der Waals surface area (Å²) in [5, 5.41) is 4.54. The van der Waals surface area contributed by atoms with Gasteiger partial charge in [-0.1, -0.05) is 11.8 Å². The van der Waals surface area contributed by atoms with Crippen LogP contribution >= 0.6 is 23.5 Å². The number of nitrogens with one attached hydrogen (secondary N) is 1. The Bertz CT molecular complexity index is 202. The van der Waals surface area contributed by atoms with E-state index in [9.17, 15) is 0 Å². The molecule has 1 saturated heterocycles. The molecule has 0 aromatic carbocycles. The number of aliphatic imine (C=N–C) groups is 1. The first kappa shape index (κ1) is 11.2. The van der Waals surface area contributed by atoms with Crippen LogP contribution in [0.5, 0.6) is 0 Å². The summed E-state index contributed by atoms with van der Waals surface area (Å²) in [7, 11) is 0. The van der Waals surface area contributed by atoms with Gasteiger partial charge >= 0.3 is 0 Å². The molecule has 1 atom stereocenters.